The first-order valence-corrected chi connectivity index (χ1v) is 7.35. The molecule has 1 amide bonds. The van der Waals surface area contributed by atoms with Crippen LogP contribution in [0.1, 0.15) is 21.6 Å². The molecule has 0 atom stereocenters. The van der Waals surface area contributed by atoms with Gasteiger partial charge >= 0.3 is 0 Å². The second-order valence-electron chi connectivity index (χ2n) is 4.33. The van der Waals surface area contributed by atoms with E-state index in [1.54, 1.807) is 29.4 Å². The van der Waals surface area contributed by atoms with Crippen molar-refractivity contribution in [3.05, 3.63) is 44.3 Å². The van der Waals surface area contributed by atoms with E-state index in [0.717, 1.165) is 15.0 Å². The monoisotopic (exact) mass is 339 g/mol. The fourth-order valence-corrected chi connectivity index (χ4v) is 2.94. The van der Waals surface area contributed by atoms with Crippen LogP contribution in [0.25, 0.3) is 0 Å². The van der Waals surface area contributed by atoms with Gasteiger partial charge in [-0.1, -0.05) is 0 Å². The van der Waals surface area contributed by atoms with E-state index in [1.165, 1.54) is 6.20 Å². The number of aryl methyl sites for hydroxylation is 1. The van der Waals surface area contributed by atoms with Crippen molar-refractivity contribution in [3.8, 4) is 0 Å². The number of thiophene rings is 1. The van der Waals surface area contributed by atoms with Crippen molar-refractivity contribution < 1.29 is 4.79 Å². The predicted octanol–water partition coefficient (Wildman–Crippen LogP) is 3.07. The molecule has 0 aliphatic rings. The first-order chi connectivity index (χ1) is 8.97. The number of aromatic nitrogens is 1. The number of nitrogen functional groups attached to an aromatic ring is 1. The molecule has 0 aliphatic carbocycles. The number of pyridine rings is 1. The highest BCUT2D eigenvalue weighted by molar-refractivity contribution is 9.11. The molecule has 100 valence electrons. The summed E-state index contributed by atoms with van der Waals surface area (Å²) >= 11 is 5.01. The van der Waals surface area contributed by atoms with Crippen molar-refractivity contribution >= 4 is 38.9 Å². The molecule has 2 aromatic rings. The largest absolute Gasteiger partial charge is 0.398 e. The summed E-state index contributed by atoms with van der Waals surface area (Å²) in [6, 6.07) is 3.72. The fourth-order valence-electron chi connectivity index (χ4n) is 1.74. The van der Waals surface area contributed by atoms with Gasteiger partial charge in [0.15, 0.2) is 0 Å². The van der Waals surface area contributed by atoms with E-state index in [0.29, 0.717) is 17.8 Å². The molecule has 2 heterocycles. The smallest absolute Gasteiger partial charge is 0.257 e. The number of nitrogens with zero attached hydrogens (tertiary/aromatic N) is 2. The van der Waals surface area contributed by atoms with Gasteiger partial charge in [-0.05, 0) is 45.9 Å². The quantitative estimate of drug-likeness (QED) is 0.934. The molecule has 0 saturated carbocycles. The lowest BCUT2D eigenvalue weighted by atomic mass is 10.2. The number of carbonyl (C=O) groups is 1. The van der Waals surface area contributed by atoms with Gasteiger partial charge in [0.25, 0.3) is 5.91 Å². The van der Waals surface area contributed by atoms with Crippen molar-refractivity contribution in [1.82, 2.24) is 9.88 Å². The Morgan fingerprint density at radius 2 is 2.26 bits per heavy atom. The Labute approximate surface area is 124 Å². The normalized spacial score (nSPS) is 10.5. The van der Waals surface area contributed by atoms with Crippen molar-refractivity contribution in [2.45, 2.75) is 13.5 Å². The molecule has 2 aromatic heterocycles. The molecule has 2 rings (SSSR count). The Morgan fingerprint density at radius 3 is 2.84 bits per heavy atom. The zero-order valence-electron chi connectivity index (χ0n) is 10.7. The maximum atomic E-state index is 12.3. The van der Waals surface area contributed by atoms with E-state index in [1.807, 2.05) is 18.4 Å². The number of carbonyl (C=O) groups excluding carboxylic acids is 1. The van der Waals surface area contributed by atoms with Crippen LogP contribution in [0.5, 0.6) is 0 Å². The summed E-state index contributed by atoms with van der Waals surface area (Å²) < 4.78 is 1.06. The van der Waals surface area contributed by atoms with Crippen LogP contribution in [0, 0.1) is 6.92 Å². The zero-order chi connectivity index (χ0) is 14.0. The molecule has 0 bridgehead atoms. The van der Waals surface area contributed by atoms with Gasteiger partial charge in [-0.25, -0.2) is 0 Å². The summed E-state index contributed by atoms with van der Waals surface area (Å²) in [5.41, 5.74) is 8.67. The van der Waals surface area contributed by atoms with Gasteiger partial charge in [-0.2, -0.15) is 0 Å². The Bertz CT molecular complexity index is 612. The van der Waals surface area contributed by atoms with Crippen LogP contribution in [-0.2, 0) is 6.54 Å². The van der Waals surface area contributed by atoms with Gasteiger partial charge in [0, 0.05) is 31.2 Å². The summed E-state index contributed by atoms with van der Waals surface area (Å²) in [6.07, 6.45) is 1.53. The minimum atomic E-state index is -0.118. The molecule has 0 saturated heterocycles. The van der Waals surface area contributed by atoms with E-state index >= 15 is 0 Å². The molecule has 6 heteroatoms. The van der Waals surface area contributed by atoms with Crippen molar-refractivity contribution in [2.24, 2.45) is 0 Å². The molecular formula is C13H14BrN3OS. The van der Waals surface area contributed by atoms with Crippen LogP contribution in [0.15, 0.2) is 27.5 Å². The van der Waals surface area contributed by atoms with E-state index < -0.39 is 0 Å². The van der Waals surface area contributed by atoms with Crippen LogP contribution < -0.4 is 5.73 Å². The third kappa shape index (κ3) is 3.33. The molecule has 0 fully saturated rings. The molecule has 0 aromatic carbocycles. The maximum Gasteiger partial charge on any atom is 0.257 e. The topological polar surface area (TPSA) is 59.2 Å². The number of amides is 1. The van der Waals surface area contributed by atoms with Gasteiger partial charge < -0.3 is 10.6 Å². The summed E-state index contributed by atoms with van der Waals surface area (Å²) in [6.45, 7) is 2.39. The molecular weight excluding hydrogens is 326 g/mol. The number of hydrogen-bond acceptors (Lipinski definition) is 4. The van der Waals surface area contributed by atoms with Gasteiger partial charge in [-0.3, -0.25) is 9.78 Å². The number of hydrogen-bond donors (Lipinski definition) is 1. The van der Waals surface area contributed by atoms with Gasteiger partial charge in [0.1, 0.15) is 0 Å². The van der Waals surface area contributed by atoms with Crippen LogP contribution in [0.2, 0.25) is 0 Å². The van der Waals surface area contributed by atoms with E-state index in [2.05, 4.69) is 20.9 Å². The molecule has 2 N–H and O–H groups in total. The fraction of sp³-hybridized carbons (Fsp3) is 0.231. The van der Waals surface area contributed by atoms with E-state index in [4.69, 9.17) is 5.73 Å². The Balaban J connectivity index is 2.14. The lowest BCUT2D eigenvalue weighted by molar-refractivity contribution is 0.0786. The highest BCUT2D eigenvalue weighted by Crippen LogP contribution is 2.22. The molecule has 4 nitrogen and oxygen atoms in total. The second-order valence-corrected chi connectivity index (χ2v) is 6.62. The van der Waals surface area contributed by atoms with E-state index in [-0.39, 0.29) is 5.91 Å². The summed E-state index contributed by atoms with van der Waals surface area (Å²) in [4.78, 5) is 18.0. The number of rotatable bonds is 3. The Morgan fingerprint density at radius 1 is 1.53 bits per heavy atom. The molecule has 0 radical (unpaired) electrons. The van der Waals surface area contributed by atoms with Gasteiger partial charge in [0.2, 0.25) is 0 Å². The number of halogens is 1. The maximum absolute atomic E-state index is 12.3. The minimum absolute atomic E-state index is 0.118. The SMILES string of the molecule is Cc1cc(N)c(C(=O)N(C)Cc2csc(Br)c2)cn1. The zero-order valence-corrected chi connectivity index (χ0v) is 13.1. The number of nitrogens with two attached hydrogens (primary N) is 1. The lowest BCUT2D eigenvalue weighted by Crippen LogP contribution is -2.27. The average Bonchev–Trinajstić information content (AvgIpc) is 2.74. The average molecular weight is 340 g/mol. The predicted molar refractivity (Wildman–Crippen MR) is 81.2 cm³/mol. The van der Waals surface area contributed by atoms with Crippen LogP contribution >= 0.6 is 27.3 Å². The minimum Gasteiger partial charge on any atom is -0.398 e. The number of anilines is 1. The second kappa shape index (κ2) is 5.71. The highest BCUT2D eigenvalue weighted by Gasteiger charge is 2.16. The van der Waals surface area contributed by atoms with Crippen LogP contribution in [-0.4, -0.2) is 22.8 Å². The van der Waals surface area contributed by atoms with Crippen LogP contribution in [0.3, 0.4) is 0 Å². The Kier molecular flexibility index (Phi) is 4.21. The van der Waals surface area contributed by atoms with Crippen molar-refractivity contribution in [1.29, 1.82) is 0 Å². The lowest BCUT2D eigenvalue weighted by Gasteiger charge is -2.17. The highest BCUT2D eigenvalue weighted by atomic mass is 79.9. The first kappa shape index (κ1) is 14.0. The molecule has 0 spiro atoms. The van der Waals surface area contributed by atoms with Crippen LogP contribution in [0.4, 0.5) is 5.69 Å². The third-order valence-corrected chi connectivity index (χ3v) is 4.24. The van der Waals surface area contributed by atoms with E-state index in [9.17, 15) is 4.79 Å². The first-order valence-electron chi connectivity index (χ1n) is 5.68. The van der Waals surface area contributed by atoms with Gasteiger partial charge in [-0.15, -0.1) is 11.3 Å². The Hall–Kier alpha value is -1.40. The van der Waals surface area contributed by atoms with Gasteiger partial charge in [0.05, 0.1) is 9.35 Å². The molecule has 19 heavy (non-hydrogen) atoms. The van der Waals surface area contributed by atoms with Crippen molar-refractivity contribution in [2.75, 3.05) is 12.8 Å². The van der Waals surface area contributed by atoms with Crippen molar-refractivity contribution in [3.63, 3.8) is 0 Å². The third-order valence-electron chi connectivity index (χ3n) is 2.69. The molecule has 0 unspecified atom stereocenters. The summed E-state index contributed by atoms with van der Waals surface area (Å²) in [5, 5.41) is 2.02. The summed E-state index contributed by atoms with van der Waals surface area (Å²) in [5.74, 6) is -0.118. The molecule has 0 aliphatic heterocycles. The standard InChI is InChI=1S/C13H14BrN3OS/c1-8-3-11(15)10(5-16-8)13(18)17(2)6-9-4-12(14)19-7-9/h3-5,7H,6H2,1-2H3,(H2,15,16). The summed E-state index contributed by atoms with van der Waals surface area (Å²) in [7, 11) is 1.76.